The van der Waals surface area contributed by atoms with Crippen molar-refractivity contribution in [3.05, 3.63) is 41.9 Å². The number of amides is 1. The second-order valence-electron chi connectivity index (χ2n) is 6.34. The number of carbonyl (C=O) groups excluding carboxylic acids is 1. The Kier molecular flexibility index (Phi) is 4.59. The summed E-state index contributed by atoms with van der Waals surface area (Å²) in [6.07, 6.45) is 4.18. The van der Waals surface area contributed by atoms with Crippen LogP contribution < -0.4 is 5.32 Å². The van der Waals surface area contributed by atoms with Gasteiger partial charge >= 0.3 is 0 Å². The lowest BCUT2D eigenvalue weighted by Gasteiger charge is -2.26. The van der Waals surface area contributed by atoms with Gasteiger partial charge < -0.3 is 19.9 Å². The summed E-state index contributed by atoms with van der Waals surface area (Å²) >= 11 is 0. The fourth-order valence-corrected chi connectivity index (χ4v) is 3.14. The number of ether oxygens (including phenoxy) is 1. The second kappa shape index (κ2) is 7.20. The fraction of sp³-hybridized carbons (Fsp3) is 0.333. The third-order valence-electron chi connectivity index (χ3n) is 4.61. The lowest BCUT2D eigenvalue weighted by atomic mass is 10.1. The van der Waals surface area contributed by atoms with E-state index in [0.29, 0.717) is 31.2 Å². The average molecular weight is 367 g/mol. The van der Waals surface area contributed by atoms with Crippen LogP contribution in [0.3, 0.4) is 0 Å². The van der Waals surface area contributed by atoms with Crippen LogP contribution in [0, 0.1) is 0 Å². The minimum Gasteiger partial charge on any atom is -0.383 e. The number of nitrogens with zero attached hydrogens (tertiary/aromatic N) is 5. The van der Waals surface area contributed by atoms with Crippen molar-refractivity contribution >= 4 is 17.7 Å². The van der Waals surface area contributed by atoms with Crippen LogP contribution in [-0.4, -0.2) is 62.3 Å². The highest BCUT2D eigenvalue weighted by Crippen LogP contribution is 2.26. The quantitative estimate of drug-likeness (QED) is 0.686. The van der Waals surface area contributed by atoms with E-state index in [4.69, 9.17) is 4.74 Å². The first-order chi connectivity index (χ1) is 13.2. The van der Waals surface area contributed by atoms with E-state index in [0.717, 1.165) is 29.3 Å². The van der Waals surface area contributed by atoms with E-state index >= 15 is 0 Å². The number of aryl methyl sites for hydroxylation is 1. The Morgan fingerprint density at radius 2 is 2.22 bits per heavy atom. The molecule has 0 aromatic carbocycles. The van der Waals surface area contributed by atoms with Crippen LogP contribution >= 0.6 is 0 Å². The van der Waals surface area contributed by atoms with E-state index in [1.165, 1.54) is 0 Å². The standard InChI is InChI=1S/C18H21N7O2/c1-24-16(4-7-20-24)23-18-19-6-3-14(22-18)15-11-12-13(21-15)5-8-25(17(12)26)9-10-27-2/h3-4,6-7,11,21H,5,8-10H2,1-2H3,(H,19,22,23). The molecule has 0 unspecified atom stereocenters. The molecule has 140 valence electrons. The zero-order chi connectivity index (χ0) is 18.8. The van der Waals surface area contributed by atoms with Crippen molar-refractivity contribution in [3.63, 3.8) is 0 Å². The van der Waals surface area contributed by atoms with E-state index in [9.17, 15) is 4.79 Å². The van der Waals surface area contributed by atoms with E-state index in [2.05, 4.69) is 25.4 Å². The van der Waals surface area contributed by atoms with Crippen LogP contribution in [0.25, 0.3) is 11.4 Å². The first kappa shape index (κ1) is 17.2. The molecule has 2 N–H and O–H groups in total. The van der Waals surface area contributed by atoms with Crippen molar-refractivity contribution in [2.45, 2.75) is 6.42 Å². The monoisotopic (exact) mass is 367 g/mol. The molecule has 9 nitrogen and oxygen atoms in total. The number of H-pyrrole nitrogens is 1. The molecule has 0 saturated heterocycles. The lowest BCUT2D eigenvalue weighted by molar-refractivity contribution is 0.0678. The van der Waals surface area contributed by atoms with Crippen molar-refractivity contribution in [3.8, 4) is 11.4 Å². The molecule has 4 rings (SSSR count). The lowest BCUT2D eigenvalue weighted by Crippen LogP contribution is -2.39. The molecular formula is C18H21N7O2. The topological polar surface area (TPSA) is 101 Å². The third-order valence-corrected chi connectivity index (χ3v) is 4.61. The molecule has 3 aromatic rings. The predicted octanol–water partition coefficient (Wildman–Crippen LogP) is 1.59. The Balaban J connectivity index is 1.58. The SMILES string of the molecule is COCCN1CCc2[nH]c(-c3ccnc(Nc4ccnn4C)n3)cc2C1=O. The van der Waals surface area contributed by atoms with Gasteiger partial charge in [0.25, 0.3) is 5.91 Å². The van der Waals surface area contributed by atoms with Gasteiger partial charge in [0.15, 0.2) is 0 Å². The number of fused-ring (bicyclic) bond motifs is 1. The molecule has 1 amide bonds. The van der Waals surface area contributed by atoms with Gasteiger partial charge in [-0.2, -0.15) is 5.10 Å². The highest BCUT2D eigenvalue weighted by atomic mass is 16.5. The maximum absolute atomic E-state index is 12.7. The number of rotatable bonds is 6. The molecule has 27 heavy (non-hydrogen) atoms. The summed E-state index contributed by atoms with van der Waals surface area (Å²) in [5, 5.41) is 7.25. The van der Waals surface area contributed by atoms with Gasteiger partial charge in [0.2, 0.25) is 5.95 Å². The van der Waals surface area contributed by atoms with Crippen molar-refractivity contribution in [1.82, 2.24) is 29.6 Å². The number of aromatic nitrogens is 5. The average Bonchev–Trinajstić information content (AvgIpc) is 3.29. The Labute approximate surface area is 156 Å². The Bertz CT molecular complexity index is 962. The summed E-state index contributed by atoms with van der Waals surface area (Å²) in [4.78, 5) is 26.7. The molecule has 4 heterocycles. The largest absolute Gasteiger partial charge is 0.383 e. The molecule has 1 aliphatic rings. The molecule has 1 aliphatic heterocycles. The van der Waals surface area contributed by atoms with Gasteiger partial charge in [-0.1, -0.05) is 0 Å². The Morgan fingerprint density at radius 3 is 3.00 bits per heavy atom. The van der Waals surface area contributed by atoms with E-state index < -0.39 is 0 Å². The number of methoxy groups -OCH3 is 1. The zero-order valence-electron chi connectivity index (χ0n) is 15.3. The van der Waals surface area contributed by atoms with E-state index in [1.807, 2.05) is 30.1 Å². The molecular weight excluding hydrogens is 346 g/mol. The van der Waals surface area contributed by atoms with E-state index in [1.54, 1.807) is 24.2 Å². The van der Waals surface area contributed by atoms with Crippen LogP contribution in [0.1, 0.15) is 16.1 Å². The molecule has 0 fully saturated rings. The molecule has 0 bridgehead atoms. The van der Waals surface area contributed by atoms with Crippen molar-refractivity contribution in [1.29, 1.82) is 0 Å². The molecule has 0 radical (unpaired) electrons. The molecule has 0 atom stereocenters. The maximum atomic E-state index is 12.7. The van der Waals surface area contributed by atoms with Crippen molar-refractivity contribution in [2.24, 2.45) is 7.05 Å². The number of anilines is 2. The Hall–Kier alpha value is -3.20. The molecule has 9 heteroatoms. The molecule has 3 aromatic heterocycles. The summed E-state index contributed by atoms with van der Waals surface area (Å²) in [5.74, 6) is 1.29. The summed E-state index contributed by atoms with van der Waals surface area (Å²) in [6.45, 7) is 1.82. The minimum atomic E-state index is 0.0260. The summed E-state index contributed by atoms with van der Waals surface area (Å²) in [5.41, 5.74) is 3.17. The van der Waals surface area contributed by atoms with Crippen LogP contribution in [0.4, 0.5) is 11.8 Å². The summed E-state index contributed by atoms with van der Waals surface area (Å²) in [7, 11) is 3.48. The number of carbonyl (C=O) groups is 1. The smallest absolute Gasteiger partial charge is 0.255 e. The number of aromatic amines is 1. The van der Waals surface area contributed by atoms with E-state index in [-0.39, 0.29) is 5.91 Å². The summed E-state index contributed by atoms with van der Waals surface area (Å²) < 4.78 is 6.79. The summed E-state index contributed by atoms with van der Waals surface area (Å²) in [6, 6.07) is 5.53. The highest BCUT2D eigenvalue weighted by Gasteiger charge is 2.26. The maximum Gasteiger partial charge on any atom is 0.255 e. The van der Waals surface area contributed by atoms with Crippen molar-refractivity contribution in [2.75, 3.05) is 32.1 Å². The van der Waals surface area contributed by atoms with Crippen molar-refractivity contribution < 1.29 is 9.53 Å². The highest BCUT2D eigenvalue weighted by molar-refractivity contribution is 5.97. The van der Waals surface area contributed by atoms with Crippen LogP contribution in [0.5, 0.6) is 0 Å². The van der Waals surface area contributed by atoms with Gasteiger partial charge in [-0.15, -0.1) is 0 Å². The van der Waals surface area contributed by atoms with Gasteiger partial charge in [0.05, 0.1) is 29.8 Å². The van der Waals surface area contributed by atoms with Crippen LogP contribution in [0.15, 0.2) is 30.6 Å². The second-order valence-corrected chi connectivity index (χ2v) is 6.34. The molecule has 0 aliphatic carbocycles. The predicted molar refractivity (Wildman–Crippen MR) is 99.8 cm³/mol. The minimum absolute atomic E-state index is 0.0260. The first-order valence-electron chi connectivity index (χ1n) is 8.74. The van der Waals surface area contributed by atoms with Gasteiger partial charge in [-0.3, -0.25) is 9.48 Å². The van der Waals surface area contributed by atoms with Gasteiger partial charge in [0.1, 0.15) is 5.82 Å². The number of hydrogen-bond donors (Lipinski definition) is 2. The third kappa shape index (κ3) is 3.41. The van der Waals surface area contributed by atoms with Gasteiger partial charge in [0, 0.05) is 51.6 Å². The number of nitrogens with one attached hydrogen (secondary N) is 2. The van der Waals surface area contributed by atoms with Gasteiger partial charge in [-0.05, 0) is 12.1 Å². The first-order valence-corrected chi connectivity index (χ1v) is 8.74. The van der Waals surface area contributed by atoms with Gasteiger partial charge in [-0.25, -0.2) is 9.97 Å². The zero-order valence-corrected chi connectivity index (χ0v) is 15.3. The Morgan fingerprint density at radius 1 is 1.33 bits per heavy atom. The molecule has 0 saturated carbocycles. The normalized spacial score (nSPS) is 13.7. The number of hydrogen-bond acceptors (Lipinski definition) is 6. The fourth-order valence-electron chi connectivity index (χ4n) is 3.14. The molecule has 0 spiro atoms. The van der Waals surface area contributed by atoms with Crippen LogP contribution in [0.2, 0.25) is 0 Å². The van der Waals surface area contributed by atoms with Crippen LogP contribution in [-0.2, 0) is 18.2 Å².